The van der Waals surface area contributed by atoms with E-state index in [4.69, 9.17) is 0 Å². The molecule has 0 saturated carbocycles. The number of carbonyl (C=O) groups is 1. The monoisotopic (exact) mass is 287 g/mol. The number of aryl methyl sites for hydroxylation is 1. The fourth-order valence-corrected chi connectivity index (χ4v) is 1.80. The van der Waals surface area contributed by atoms with Crippen LogP contribution < -0.4 is 10.6 Å². The number of urea groups is 1. The quantitative estimate of drug-likeness (QED) is 0.911. The molecule has 2 aromatic heterocycles. The van der Waals surface area contributed by atoms with E-state index in [2.05, 4.69) is 20.7 Å². The van der Waals surface area contributed by atoms with E-state index in [0.29, 0.717) is 12.2 Å². The molecule has 0 spiro atoms. The van der Waals surface area contributed by atoms with E-state index in [1.807, 2.05) is 50.7 Å². The third kappa shape index (κ3) is 4.05. The van der Waals surface area contributed by atoms with Crippen molar-refractivity contribution in [3.63, 3.8) is 0 Å². The molecule has 6 heteroatoms. The molecule has 21 heavy (non-hydrogen) atoms. The number of nitrogens with one attached hydrogen (secondary N) is 2. The highest BCUT2D eigenvalue weighted by Gasteiger charge is 2.14. The molecule has 2 rings (SSSR count). The van der Waals surface area contributed by atoms with Crippen LogP contribution in [0.4, 0.5) is 10.5 Å². The first kappa shape index (κ1) is 15.0. The lowest BCUT2D eigenvalue weighted by Crippen LogP contribution is -2.28. The Kier molecular flexibility index (Phi) is 4.26. The third-order valence-corrected chi connectivity index (χ3v) is 3.06. The summed E-state index contributed by atoms with van der Waals surface area (Å²) < 4.78 is 1.81. The maximum atomic E-state index is 11.9. The Morgan fingerprint density at radius 3 is 2.76 bits per heavy atom. The zero-order valence-corrected chi connectivity index (χ0v) is 12.8. The first-order valence-corrected chi connectivity index (χ1v) is 6.87. The summed E-state index contributed by atoms with van der Waals surface area (Å²) in [6, 6.07) is 3.57. The Morgan fingerprint density at radius 1 is 1.38 bits per heavy atom. The summed E-state index contributed by atoms with van der Waals surface area (Å²) in [4.78, 5) is 16.1. The number of pyridine rings is 1. The lowest BCUT2D eigenvalue weighted by atomic mass is 10.1. The molecule has 0 saturated heterocycles. The Balaban J connectivity index is 1.90. The zero-order valence-electron chi connectivity index (χ0n) is 12.8. The van der Waals surface area contributed by atoms with E-state index in [1.54, 1.807) is 12.4 Å². The molecule has 0 aromatic carbocycles. The molecule has 0 atom stereocenters. The summed E-state index contributed by atoms with van der Waals surface area (Å²) in [7, 11) is 0. The third-order valence-electron chi connectivity index (χ3n) is 3.06. The van der Waals surface area contributed by atoms with E-state index < -0.39 is 0 Å². The second-order valence-electron chi connectivity index (χ2n) is 5.92. The van der Waals surface area contributed by atoms with Crippen molar-refractivity contribution in [1.82, 2.24) is 20.1 Å². The van der Waals surface area contributed by atoms with Crippen LogP contribution in [0.15, 0.2) is 30.7 Å². The fraction of sp³-hybridized carbons (Fsp3) is 0.400. The molecular formula is C15H21N5O. The number of amides is 2. The van der Waals surface area contributed by atoms with Crippen molar-refractivity contribution in [1.29, 1.82) is 0 Å². The maximum absolute atomic E-state index is 11.9. The molecule has 0 aliphatic heterocycles. The second-order valence-corrected chi connectivity index (χ2v) is 5.92. The number of hydrogen-bond acceptors (Lipinski definition) is 3. The van der Waals surface area contributed by atoms with Gasteiger partial charge in [-0.15, -0.1) is 0 Å². The minimum Gasteiger partial charge on any atom is -0.332 e. The van der Waals surface area contributed by atoms with Crippen LogP contribution in [0.25, 0.3) is 0 Å². The van der Waals surface area contributed by atoms with Gasteiger partial charge in [0.15, 0.2) is 0 Å². The molecular weight excluding hydrogens is 266 g/mol. The van der Waals surface area contributed by atoms with Crippen LogP contribution in [0.5, 0.6) is 0 Å². The molecule has 112 valence electrons. The molecule has 0 fully saturated rings. The highest BCUT2D eigenvalue weighted by molar-refractivity contribution is 5.88. The van der Waals surface area contributed by atoms with E-state index >= 15 is 0 Å². The average Bonchev–Trinajstić information content (AvgIpc) is 2.86. The van der Waals surface area contributed by atoms with Crippen molar-refractivity contribution >= 4 is 11.7 Å². The van der Waals surface area contributed by atoms with Crippen molar-refractivity contribution in [3.05, 3.63) is 42.0 Å². The number of carbonyl (C=O) groups excluding carboxylic acids is 1. The van der Waals surface area contributed by atoms with Crippen LogP contribution in [0, 0.1) is 6.92 Å². The smallest absolute Gasteiger partial charge is 0.319 e. The molecule has 0 bridgehead atoms. The SMILES string of the molecule is Cc1cccnc1CNC(=O)Nc1cnn(C(C)(C)C)c1. The molecule has 2 N–H and O–H groups in total. The predicted octanol–water partition coefficient (Wildman–Crippen LogP) is 2.66. The summed E-state index contributed by atoms with van der Waals surface area (Å²) in [5.41, 5.74) is 2.47. The van der Waals surface area contributed by atoms with E-state index in [1.165, 1.54) is 0 Å². The summed E-state index contributed by atoms with van der Waals surface area (Å²) in [5, 5.41) is 9.78. The van der Waals surface area contributed by atoms with Crippen LogP contribution in [-0.4, -0.2) is 20.8 Å². The normalized spacial score (nSPS) is 11.2. The van der Waals surface area contributed by atoms with Gasteiger partial charge in [-0.05, 0) is 39.3 Å². The highest BCUT2D eigenvalue weighted by atomic mass is 16.2. The van der Waals surface area contributed by atoms with Crippen molar-refractivity contribution in [3.8, 4) is 0 Å². The number of anilines is 1. The van der Waals surface area contributed by atoms with Crippen LogP contribution in [0.2, 0.25) is 0 Å². The van der Waals surface area contributed by atoms with Gasteiger partial charge in [-0.1, -0.05) is 6.07 Å². The standard InChI is InChI=1S/C15H21N5O/c1-11-6-5-7-16-13(11)9-17-14(21)19-12-8-18-20(10-12)15(2,3)4/h5-8,10H,9H2,1-4H3,(H2,17,19,21). The summed E-state index contributed by atoms with van der Waals surface area (Å²) in [6.45, 7) is 8.51. The Labute approximate surface area is 124 Å². The van der Waals surface area contributed by atoms with Crippen LogP contribution >= 0.6 is 0 Å². The van der Waals surface area contributed by atoms with Gasteiger partial charge in [-0.25, -0.2) is 4.79 Å². The fourth-order valence-electron chi connectivity index (χ4n) is 1.80. The minimum absolute atomic E-state index is 0.110. The van der Waals surface area contributed by atoms with Gasteiger partial charge in [0.25, 0.3) is 0 Å². The van der Waals surface area contributed by atoms with Crippen LogP contribution in [0.3, 0.4) is 0 Å². The Morgan fingerprint density at radius 2 is 2.14 bits per heavy atom. The predicted molar refractivity (Wildman–Crippen MR) is 82.1 cm³/mol. The van der Waals surface area contributed by atoms with Gasteiger partial charge in [-0.2, -0.15) is 5.10 Å². The molecule has 2 heterocycles. The van der Waals surface area contributed by atoms with Crippen molar-refractivity contribution < 1.29 is 4.79 Å². The topological polar surface area (TPSA) is 71.8 Å². The number of aromatic nitrogens is 3. The van der Waals surface area contributed by atoms with E-state index in [-0.39, 0.29) is 11.6 Å². The zero-order chi connectivity index (χ0) is 15.5. The summed E-state index contributed by atoms with van der Waals surface area (Å²) in [5.74, 6) is 0. The van der Waals surface area contributed by atoms with E-state index in [9.17, 15) is 4.79 Å². The van der Waals surface area contributed by atoms with Crippen molar-refractivity contribution in [2.75, 3.05) is 5.32 Å². The van der Waals surface area contributed by atoms with Gasteiger partial charge in [0.2, 0.25) is 0 Å². The summed E-state index contributed by atoms with van der Waals surface area (Å²) >= 11 is 0. The van der Waals surface area contributed by atoms with Gasteiger partial charge in [0, 0.05) is 12.4 Å². The Bertz CT molecular complexity index is 627. The van der Waals surface area contributed by atoms with Crippen molar-refractivity contribution in [2.45, 2.75) is 39.8 Å². The average molecular weight is 287 g/mol. The lowest BCUT2D eigenvalue weighted by molar-refractivity contribution is 0.251. The highest BCUT2D eigenvalue weighted by Crippen LogP contribution is 2.15. The number of rotatable bonds is 3. The molecule has 2 aromatic rings. The van der Waals surface area contributed by atoms with Gasteiger partial charge >= 0.3 is 6.03 Å². The van der Waals surface area contributed by atoms with Crippen molar-refractivity contribution in [2.24, 2.45) is 0 Å². The van der Waals surface area contributed by atoms with E-state index in [0.717, 1.165) is 11.3 Å². The molecule has 0 unspecified atom stereocenters. The van der Waals surface area contributed by atoms with Crippen LogP contribution in [-0.2, 0) is 12.1 Å². The molecule has 0 radical (unpaired) electrons. The Hall–Kier alpha value is -2.37. The summed E-state index contributed by atoms with van der Waals surface area (Å²) in [6.07, 6.45) is 5.16. The molecule has 2 amide bonds. The van der Waals surface area contributed by atoms with Gasteiger partial charge in [0.1, 0.15) is 0 Å². The minimum atomic E-state index is -0.270. The molecule has 0 aliphatic carbocycles. The van der Waals surface area contributed by atoms with Gasteiger partial charge < -0.3 is 10.6 Å². The largest absolute Gasteiger partial charge is 0.332 e. The molecule has 0 aliphatic rings. The van der Waals surface area contributed by atoms with Gasteiger partial charge in [0.05, 0.1) is 29.7 Å². The van der Waals surface area contributed by atoms with Crippen LogP contribution in [0.1, 0.15) is 32.0 Å². The maximum Gasteiger partial charge on any atom is 0.319 e. The number of nitrogens with zero attached hydrogens (tertiary/aromatic N) is 3. The number of hydrogen-bond donors (Lipinski definition) is 2. The lowest BCUT2D eigenvalue weighted by Gasteiger charge is -2.18. The van der Waals surface area contributed by atoms with Gasteiger partial charge in [-0.3, -0.25) is 9.67 Å². The molecule has 6 nitrogen and oxygen atoms in total. The second kappa shape index (κ2) is 5.95. The first-order chi connectivity index (χ1) is 9.86. The first-order valence-electron chi connectivity index (χ1n) is 6.87.